The largest absolute Gasteiger partial charge is 0.446 e. The molecule has 0 heterocycles. The standard InChI is InChI=1S/C6H6BrNO4S/c7-4-1-2-5(8)6(3-4)12-13(9,10)11/h1-3H,8H2,(H,9,10,11). The summed E-state index contributed by atoms with van der Waals surface area (Å²) in [4.78, 5) is 0. The second kappa shape index (κ2) is 3.52. The Morgan fingerprint density at radius 2 is 2.08 bits per heavy atom. The number of hydrogen-bond acceptors (Lipinski definition) is 4. The molecule has 72 valence electrons. The van der Waals surface area contributed by atoms with E-state index in [4.69, 9.17) is 10.3 Å². The molecule has 3 N–H and O–H groups in total. The van der Waals surface area contributed by atoms with Gasteiger partial charge in [0.25, 0.3) is 0 Å². The third-order valence-corrected chi connectivity index (χ3v) is 2.05. The summed E-state index contributed by atoms with van der Waals surface area (Å²) in [6.45, 7) is 0. The molecule has 7 heteroatoms. The van der Waals surface area contributed by atoms with Gasteiger partial charge in [0.05, 0.1) is 5.69 Å². The van der Waals surface area contributed by atoms with Gasteiger partial charge in [-0.3, -0.25) is 4.55 Å². The van der Waals surface area contributed by atoms with Crippen molar-refractivity contribution in [3.05, 3.63) is 22.7 Å². The lowest BCUT2D eigenvalue weighted by molar-refractivity contribution is 0.387. The minimum atomic E-state index is -4.52. The van der Waals surface area contributed by atoms with Gasteiger partial charge in [-0.25, -0.2) is 0 Å². The van der Waals surface area contributed by atoms with Crippen molar-refractivity contribution in [1.82, 2.24) is 0 Å². The van der Waals surface area contributed by atoms with E-state index in [2.05, 4.69) is 20.1 Å². The van der Waals surface area contributed by atoms with Crippen molar-refractivity contribution in [1.29, 1.82) is 0 Å². The molecule has 0 spiro atoms. The van der Waals surface area contributed by atoms with Gasteiger partial charge in [0.2, 0.25) is 0 Å². The van der Waals surface area contributed by atoms with Crippen LogP contribution in [-0.4, -0.2) is 13.0 Å². The average Bonchev–Trinajstić information content (AvgIpc) is 1.94. The van der Waals surface area contributed by atoms with Crippen LogP contribution in [-0.2, 0) is 10.4 Å². The summed E-state index contributed by atoms with van der Waals surface area (Å²) in [6, 6.07) is 4.40. The lowest BCUT2D eigenvalue weighted by Gasteiger charge is -2.04. The molecule has 1 aromatic rings. The zero-order chi connectivity index (χ0) is 10.1. The van der Waals surface area contributed by atoms with Crippen LogP contribution in [0.1, 0.15) is 0 Å². The van der Waals surface area contributed by atoms with Crippen molar-refractivity contribution in [2.45, 2.75) is 0 Å². The lowest BCUT2D eigenvalue weighted by atomic mass is 10.3. The van der Waals surface area contributed by atoms with Crippen LogP contribution in [0.15, 0.2) is 22.7 Å². The Balaban J connectivity index is 3.08. The number of halogens is 1. The van der Waals surface area contributed by atoms with Crippen molar-refractivity contribution < 1.29 is 17.2 Å². The predicted octanol–water partition coefficient (Wildman–Crippen LogP) is 1.21. The van der Waals surface area contributed by atoms with Crippen LogP contribution < -0.4 is 9.92 Å². The zero-order valence-corrected chi connectivity index (χ0v) is 8.67. The molecule has 0 aliphatic rings. The third kappa shape index (κ3) is 3.21. The number of nitrogens with two attached hydrogens (primary N) is 1. The van der Waals surface area contributed by atoms with E-state index in [0.717, 1.165) is 0 Å². The van der Waals surface area contributed by atoms with Gasteiger partial charge in [-0.2, -0.15) is 8.42 Å². The van der Waals surface area contributed by atoms with Crippen LogP contribution in [0, 0.1) is 0 Å². The first-order chi connectivity index (χ1) is 5.88. The minimum Gasteiger partial charge on any atom is -0.396 e. The second-order valence-electron chi connectivity index (χ2n) is 2.19. The summed E-state index contributed by atoms with van der Waals surface area (Å²) in [7, 11) is -4.52. The minimum absolute atomic E-state index is 0.114. The monoisotopic (exact) mass is 267 g/mol. The Morgan fingerprint density at radius 3 is 2.62 bits per heavy atom. The van der Waals surface area contributed by atoms with Gasteiger partial charge in [0.15, 0.2) is 5.75 Å². The number of nitrogen functional groups attached to an aromatic ring is 1. The Bertz CT molecular complexity index is 417. The molecule has 0 aliphatic heterocycles. The highest BCUT2D eigenvalue weighted by molar-refractivity contribution is 9.10. The highest BCUT2D eigenvalue weighted by Crippen LogP contribution is 2.26. The third-order valence-electron chi connectivity index (χ3n) is 1.17. The molecule has 0 aromatic heterocycles. The first-order valence-electron chi connectivity index (χ1n) is 3.10. The summed E-state index contributed by atoms with van der Waals surface area (Å²) in [5, 5.41) is 0. The summed E-state index contributed by atoms with van der Waals surface area (Å²) in [5.74, 6) is -0.114. The van der Waals surface area contributed by atoms with Gasteiger partial charge in [0.1, 0.15) is 0 Å². The maximum atomic E-state index is 10.3. The van der Waals surface area contributed by atoms with E-state index in [1.54, 1.807) is 6.07 Å². The predicted molar refractivity (Wildman–Crippen MR) is 50.7 cm³/mol. The molecule has 0 aliphatic carbocycles. The average molecular weight is 268 g/mol. The molecule has 0 fully saturated rings. The SMILES string of the molecule is Nc1ccc(Br)cc1OS(=O)(=O)O. The van der Waals surface area contributed by atoms with Crippen molar-refractivity contribution in [2.24, 2.45) is 0 Å². The van der Waals surface area contributed by atoms with E-state index < -0.39 is 10.4 Å². The molecule has 5 nitrogen and oxygen atoms in total. The number of rotatable bonds is 2. The highest BCUT2D eigenvalue weighted by Gasteiger charge is 2.09. The van der Waals surface area contributed by atoms with Crippen LogP contribution in [0.5, 0.6) is 5.75 Å². The molecule has 1 aromatic carbocycles. The van der Waals surface area contributed by atoms with Gasteiger partial charge >= 0.3 is 10.4 Å². The quantitative estimate of drug-likeness (QED) is 0.621. The zero-order valence-electron chi connectivity index (χ0n) is 6.27. The number of hydrogen-bond donors (Lipinski definition) is 2. The van der Waals surface area contributed by atoms with Gasteiger partial charge < -0.3 is 9.92 Å². The number of anilines is 1. The van der Waals surface area contributed by atoms with Crippen molar-refractivity contribution in [2.75, 3.05) is 5.73 Å². The van der Waals surface area contributed by atoms with E-state index in [-0.39, 0.29) is 11.4 Å². The lowest BCUT2D eigenvalue weighted by Crippen LogP contribution is -2.08. The Morgan fingerprint density at radius 1 is 1.46 bits per heavy atom. The smallest absolute Gasteiger partial charge is 0.396 e. The maximum absolute atomic E-state index is 10.3. The number of benzene rings is 1. The molecule has 0 saturated carbocycles. The first kappa shape index (κ1) is 10.3. The summed E-state index contributed by atoms with van der Waals surface area (Å²) >= 11 is 3.09. The van der Waals surface area contributed by atoms with Crippen molar-refractivity contribution >= 4 is 32.0 Å². The van der Waals surface area contributed by atoms with Crippen LogP contribution in [0.3, 0.4) is 0 Å². The molecule has 0 bridgehead atoms. The second-order valence-corrected chi connectivity index (χ2v) is 4.13. The van der Waals surface area contributed by atoms with Crippen molar-refractivity contribution in [3.63, 3.8) is 0 Å². The van der Waals surface area contributed by atoms with E-state index in [1.807, 2.05) is 0 Å². The van der Waals surface area contributed by atoms with E-state index >= 15 is 0 Å². The van der Waals surface area contributed by atoms with Crippen LogP contribution in [0.2, 0.25) is 0 Å². The highest BCUT2D eigenvalue weighted by atomic mass is 79.9. The molecule has 0 unspecified atom stereocenters. The van der Waals surface area contributed by atoms with Crippen molar-refractivity contribution in [3.8, 4) is 5.75 Å². The molecule has 0 atom stereocenters. The van der Waals surface area contributed by atoms with E-state index in [0.29, 0.717) is 4.47 Å². The molecular formula is C6H6BrNO4S. The summed E-state index contributed by atoms with van der Waals surface area (Å²) in [5.41, 5.74) is 5.50. The van der Waals surface area contributed by atoms with Crippen LogP contribution in [0.4, 0.5) is 5.69 Å². The first-order valence-corrected chi connectivity index (χ1v) is 5.26. The Kier molecular flexibility index (Phi) is 2.79. The van der Waals surface area contributed by atoms with Gasteiger partial charge in [0, 0.05) is 4.47 Å². The fourth-order valence-corrected chi connectivity index (χ4v) is 1.41. The van der Waals surface area contributed by atoms with E-state index in [9.17, 15) is 8.42 Å². The molecule has 13 heavy (non-hydrogen) atoms. The normalized spacial score (nSPS) is 11.2. The molecule has 0 amide bonds. The fraction of sp³-hybridized carbons (Fsp3) is 0. The topological polar surface area (TPSA) is 89.6 Å². The van der Waals surface area contributed by atoms with Crippen LogP contribution >= 0.6 is 15.9 Å². The van der Waals surface area contributed by atoms with Gasteiger partial charge in [-0.15, -0.1) is 0 Å². The summed E-state index contributed by atoms with van der Waals surface area (Å²) < 4.78 is 33.8. The fourth-order valence-electron chi connectivity index (χ4n) is 0.694. The van der Waals surface area contributed by atoms with E-state index in [1.165, 1.54) is 12.1 Å². The molecular weight excluding hydrogens is 262 g/mol. The van der Waals surface area contributed by atoms with Crippen LogP contribution in [0.25, 0.3) is 0 Å². The molecule has 0 radical (unpaired) electrons. The Labute approximate surface area is 83.6 Å². The van der Waals surface area contributed by atoms with Gasteiger partial charge in [-0.1, -0.05) is 15.9 Å². The molecule has 0 saturated heterocycles. The summed E-state index contributed by atoms with van der Waals surface area (Å²) in [6.07, 6.45) is 0. The van der Waals surface area contributed by atoms with Gasteiger partial charge in [-0.05, 0) is 18.2 Å². The Hall–Kier alpha value is -0.790. The maximum Gasteiger partial charge on any atom is 0.446 e. The molecule has 1 rings (SSSR count).